The van der Waals surface area contributed by atoms with Crippen molar-refractivity contribution < 1.29 is 5.11 Å². The predicted octanol–water partition coefficient (Wildman–Crippen LogP) is 4.18. The fourth-order valence-electron chi connectivity index (χ4n) is 2.07. The van der Waals surface area contributed by atoms with Gasteiger partial charge in [-0.1, -0.05) is 0 Å². The molecule has 0 bridgehead atoms. The van der Waals surface area contributed by atoms with Crippen molar-refractivity contribution in [2.75, 3.05) is 19.0 Å². The van der Waals surface area contributed by atoms with Crippen LogP contribution in [0.4, 0.5) is 28.0 Å². The molecule has 2 aromatic heterocycles. The van der Waals surface area contributed by atoms with Crippen LogP contribution in [0.15, 0.2) is 44.9 Å². The quantitative estimate of drug-likeness (QED) is 0.675. The minimum absolute atomic E-state index is 0.0156. The summed E-state index contributed by atoms with van der Waals surface area (Å²) in [6, 6.07) is 4.93. The zero-order valence-electron chi connectivity index (χ0n) is 14.7. The standard InChI is InChI=1S/C15H17N9OS/c1-9-17-15(26-22-9)21-19-11-7-10(12(23(2)3)8-13(11)25)18-20-14-5-6-16-24(14)4/h5-8,25H,1-4H3. The fourth-order valence-corrected chi connectivity index (χ4v) is 2.57. The summed E-state index contributed by atoms with van der Waals surface area (Å²) >= 11 is 1.13. The zero-order chi connectivity index (χ0) is 18.7. The van der Waals surface area contributed by atoms with Crippen LogP contribution in [0.1, 0.15) is 5.82 Å². The molecule has 134 valence electrons. The van der Waals surface area contributed by atoms with E-state index >= 15 is 0 Å². The average Bonchev–Trinajstić information content (AvgIpc) is 3.20. The highest BCUT2D eigenvalue weighted by atomic mass is 32.1. The molecular weight excluding hydrogens is 354 g/mol. The summed E-state index contributed by atoms with van der Waals surface area (Å²) in [4.78, 5) is 5.93. The van der Waals surface area contributed by atoms with Crippen molar-refractivity contribution >= 4 is 39.5 Å². The molecule has 0 aliphatic carbocycles. The van der Waals surface area contributed by atoms with Gasteiger partial charge in [0, 0.05) is 44.8 Å². The van der Waals surface area contributed by atoms with E-state index in [1.807, 2.05) is 19.0 Å². The minimum atomic E-state index is -0.0156. The second kappa shape index (κ2) is 7.35. The van der Waals surface area contributed by atoms with E-state index in [-0.39, 0.29) is 11.4 Å². The maximum absolute atomic E-state index is 10.2. The van der Waals surface area contributed by atoms with Gasteiger partial charge in [0.2, 0.25) is 5.13 Å². The van der Waals surface area contributed by atoms with E-state index in [4.69, 9.17) is 0 Å². The Labute approximate surface area is 153 Å². The second-order valence-electron chi connectivity index (χ2n) is 5.56. The number of rotatable bonds is 5. The summed E-state index contributed by atoms with van der Waals surface area (Å²) in [6.45, 7) is 1.77. The number of hydrogen-bond donors (Lipinski definition) is 1. The van der Waals surface area contributed by atoms with E-state index in [0.717, 1.165) is 11.5 Å². The van der Waals surface area contributed by atoms with Crippen LogP contribution in [0, 0.1) is 6.92 Å². The van der Waals surface area contributed by atoms with Crippen LogP contribution in [-0.2, 0) is 7.05 Å². The molecule has 3 aromatic rings. The number of azo groups is 2. The molecule has 0 unspecified atom stereocenters. The normalized spacial score (nSPS) is 11.7. The zero-order valence-corrected chi connectivity index (χ0v) is 15.5. The van der Waals surface area contributed by atoms with Crippen LogP contribution < -0.4 is 4.90 Å². The van der Waals surface area contributed by atoms with E-state index in [9.17, 15) is 5.11 Å². The summed E-state index contributed by atoms with van der Waals surface area (Å²) in [5.74, 6) is 1.22. The van der Waals surface area contributed by atoms with Crippen molar-refractivity contribution in [3.05, 3.63) is 30.2 Å². The van der Waals surface area contributed by atoms with Crippen LogP contribution in [0.3, 0.4) is 0 Å². The van der Waals surface area contributed by atoms with Gasteiger partial charge in [-0.15, -0.1) is 20.5 Å². The van der Waals surface area contributed by atoms with Crippen molar-refractivity contribution in [3.8, 4) is 5.75 Å². The lowest BCUT2D eigenvalue weighted by Crippen LogP contribution is -2.08. The second-order valence-corrected chi connectivity index (χ2v) is 6.29. The summed E-state index contributed by atoms with van der Waals surface area (Å²) < 4.78 is 5.65. The molecule has 2 heterocycles. The molecule has 0 saturated heterocycles. The van der Waals surface area contributed by atoms with E-state index in [0.29, 0.717) is 28.1 Å². The Hall–Kier alpha value is -3.21. The largest absolute Gasteiger partial charge is 0.506 e. The third kappa shape index (κ3) is 3.88. The molecule has 11 heteroatoms. The molecular formula is C15H17N9OS. The number of benzene rings is 1. The Kier molecular flexibility index (Phi) is 4.98. The van der Waals surface area contributed by atoms with E-state index in [1.165, 1.54) is 0 Å². The van der Waals surface area contributed by atoms with Gasteiger partial charge in [0.1, 0.15) is 22.9 Å². The first-order valence-corrected chi connectivity index (χ1v) is 8.37. The van der Waals surface area contributed by atoms with Crippen LogP contribution in [-0.4, -0.2) is 38.3 Å². The van der Waals surface area contributed by atoms with E-state index in [2.05, 4.69) is 34.9 Å². The predicted molar refractivity (Wildman–Crippen MR) is 98.6 cm³/mol. The molecule has 0 aliphatic rings. The van der Waals surface area contributed by atoms with Gasteiger partial charge < -0.3 is 10.0 Å². The van der Waals surface area contributed by atoms with Crippen molar-refractivity contribution in [2.45, 2.75) is 6.92 Å². The van der Waals surface area contributed by atoms with Gasteiger partial charge in [-0.3, -0.25) is 0 Å². The average molecular weight is 371 g/mol. The SMILES string of the molecule is Cc1nsc(N=Nc2cc(N=Nc3ccnn3C)c(N(C)C)cc2O)n1. The summed E-state index contributed by atoms with van der Waals surface area (Å²) in [7, 11) is 5.48. The molecule has 0 fully saturated rings. The molecule has 0 spiro atoms. The lowest BCUT2D eigenvalue weighted by Gasteiger charge is -2.15. The lowest BCUT2D eigenvalue weighted by molar-refractivity contribution is 0.476. The Balaban J connectivity index is 1.97. The number of nitrogens with zero attached hydrogens (tertiary/aromatic N) is 9. The van der Waals surface area contributed by atoms with Crippen molar-refractivity contribution in [1.82, 2.24) is 19.1 Å². The van der Waals surface area contributed by atoms with Gasteiger partial charge in [0.05, 0.1) is 11.9 Å². The van der Waals surface area contributed by atoms with Gasteiger partial charge in [0.15, 0.2) is 5.82 Å². The highest BCUT2D eigenvalue weighted by molar-refractivity contribution is 7.09. The number of anilines is 1. The smallest absolute Gasteiger partial charge is 0.249 e. The van der Waals surface area contributed by atoms with Crippen LogP contribution in [0.25, 0.3) is 0 Å². The molecule has 0 aliphatic heterocycles. The maximum Gasteiger partial charge on any atom is 0.249 e. The molecule has 10 nitrogen and oxygen atoms in total. The van der Waals surface area contributed by atoms with Gasteiger partial charge in [-0.25, -0.2) is 9.67 Å². The summed E-state index contributed by atoms with van der Waals surface area (Å²) in [5.41, 5.74) is 1.50. The first-order chi connectivity index (χ1) is 12.4. The van der Waals surface area contributed by atoms with Crippen LogP contribution >= 0.6 is 11.5 Å². The highest BCUT2D eigenvalue weighted by Gasteiger charge is 2.12. The molecule has 0 atom stereocenters. The van der Waals surface area contributed by atoms with Crippen molar-refractivity contribution in [1.29, 1.82) is 0 Å². The monoisotopic (exact) mass is 371 g/mol. The molecule has 0 amide bonds. The van der Waals surface area contributed by atoms with Gasteiger partial charge in [0.25, 0.3) is 0 Å². The van der Waals surface area contributed by atoms with Gasteiger partial charge in [-0.05, 0) is 13.0 Å². The van der Waals surface area contributed by atoms with Crippen LogP contribution in [0.5, 0.6) is 5.75 Å². The highest BCUT2D eigenvalue weighted by Crippen LogP contribution is 2.40. The van der Waals surface area contributed by atoms with Crippen molar-refractivity contribution in [3.63, 3.8) is 0 Å². The molecule has 3 rings (SSSR count). The van der Waals surface area contributed by atoms with E-state index < -0.39 is 0 Å². The third-order valence-corrected chi connectivity index (χ3v) is 4.06. The van der Waals surface area contributed by atoms with E-state index in [1.54, 1.807) is 43.0 Å². The third-order valence-electron chi connectivity index (χ3n) is 3.37. The van der Waals surface area contributed by atoms with Crippen molar-refractivity contribution in [2.24, 2.45) is 27.5 Å². The summed E-state index contributed by atoms with van der Waals surface area (Å²) in [5, 5.41) is 31.2. The molecule has 0 saturated carbocycles. The Morgan fingerprint density at radius 1 is 1.12 bits per heavy atom. The minimum Gasteiger partial charge on any atom is -0.506 e. The first kappa shape index (κ1) is 17.6. The lowest BCUT2D eigenvalue weighted by atomic mass is 10.2. The fraction of sp³-hybridized carbons (Fsp3) is 0.267. The Morgan fingerprint density at radius 2 is 1.88 bits per heavy atom. The Morgan fingerprint density at radius 3 is 2.50 bits per heavy atom. The first-order valence-electron chi connectivity index (χ1n) is 7.60. The van der Waals surface area contributed by atoms with Gasteiger partial charge in [-0.2, -0.15) is 9.47 Å². The Bertz CT molecular complexity index is 973. The molecule has 1 aromatic carbocycles. The molecule has 1 N–H and O–H groups in total. The number of phenolic OH excluding ortho intramolecular Hbond substituents is 1. The maximum atomic E-state index is 10.2. The number of hydrogen-bond acceptors (Lipinski definition) is 10. The molecule has 0 radical (unpaired) electrons. The number of aromatic nitrogens is 4. The topological polar surface area (TPSA) is 117 Å². The van der Waals surface area contributed by atoms with Crippen LogP contribution in [0.2, 0.25) is 0 Å². The summed E-state index contributed by atoms with van der Waals surface area (Å²) in [6.07, 6.45) is 1.64. The molecule has 26 heavy (non-hydrogen) atoms. The number of aryl methyl sites for hydroxylation is 2. The van der Waals surface area contributed by atoms with Gasteiger partial charge >= 0.3 is 0 Å². The number of phenols is 1. The number of aromatic hydroxyl groups is 1.